The van der Waals surface area contributed by atoms with Crippen molar-refractivity contribution in [2.45, 2.75) is 171 Å². The van der Waals surface area contributed by atoms with Crippen LogP contribution >= 0.6 is 15.6 Å². The van der Waals surface area contributed by atoms with Crippen molar-refractivity contribution in [3.8, 4) is 0 Å². The Balaban J connectivity index is 0.798. The van der Waals surface area contributed by atoms with Crippen molar-refractivity contribution in [3.05, 3.63) is 38.0 Å². The zero-order valence-corrected chi connectivity index (χ0v) is 44.5. The molecule has 11 atom stereocenters. The lowest BCUT2D eigenvalue weighted by Gasteiger charge is -2.23. The van der Waals surface area contributed by atoms with Gasteiger partial charge in [-0.1, -0.05) is 84.0 Å². The molecule has 3 aliphatic heterocycles. The topological polar surface area (TPSA) is 397 Å². The number of hydrogen-bond acceptors (Lipinski definition) is 23. The molecule has 0 spiro atoms. The first-order valence-corrected chi connectivity index (χ1v) is 29.2. The molecule has 3 saturated heterocycles. The van der Waals surface area contributed by atoms with Crippen LogP contribution in [0, 0.1) is 0 Å². The number of aliphatic hydroxyl groups is 1. The molecule has 9 rings (SSSR count). The molecular formula is C46H68N16O13P2. The predicted octanol–water partition coefficient (Wildman–Crippen LogP) is 5.08. The number of nitrogens with zero attached hydrogens (tertiary/aromatic N) is 12. The number of carbonyl (C=O) groups is 1. The van der Waals surface area contributed by atoms with Crippen LogP contribution in [-0.2, 0) is 46.2 Å². The molecular weight excluding hydrogens is 1050 g/mol. The van der Waals surface area contributed by atoms with Crippen LogP contribution < -0.4 is 22.5 Å². The maximum Gasteiger partial charge on any atom is 0.472 e. The van der Waals surface area contributed by atoms with Crippen LogP contribution in [-0.4, -0.2) is 136 Å². The Morgan fingerprint density at radius 1 is 0.584 bits per heavy atom. The average Bonchev–Trinajstić information content (AvgIpc) is 4.29. The van der Waals surface area contributed by atoms with Gasteiger partial charge in [0.25, 0.3) is 0 Å². The number of hydrogen-bond donors (Lipinski definition) is 7. The third-order valence-electron chi connectivity index (χ3n) is 13.9. The van der Waals surface area contributed by atoms with Gasteiger partial charge in [0.05, 0.1) is 50.5 Å². The van der Waals surface area contributed by atoms with Crippen molar-refractivity contribution in [3.63, 3.8) is 0 Å². The first kappa shape index (κ1) is 56.3. The molecule has 6 aromatic heterocycles. The Hall–Kier alpha value is -5.42. The summed E-state index contributed by atoms with van der Waals surface area (Å²) in [5.74, 6) is 0.164. The van der Waals surface area contributed by atoms with E-state index in [9.17, 15) is 28.8 Å². The summed E-state index contributed by atoms with van der Waals surface area (Å²) in [7, 11) is -9.94. The predicted molar refractivity (Wildman–Crippen MR) is 275 cm³/mol. The standard InChI is InChI=1S/C46H68N16O13P2/c1-2-3-4-5-6-7-8-9-10-11-12-13-14-15-34(64)50-19-28-17-32(45(71-28)61-26-58-36-39(48)52-23-55-42(36)61)74-77(67,68)70-21-30-18-33(46(73-30)62-27-59-37-40(49)53-24-56-43(37)62)75-76(65,66)69-20-29-16-31(63)44(72-29)60-25-57-35-38(47)51-22-54-41(35)60/h22-33,44-46,63H,2-21H2,1H3,(H,50,64)(H,65,66)(H,67,68)(H2,47,51,54)(H2,48,52,55)(H2,49,53,56)/t28-,29-,30-,31+,32+,33+,44+,45+,46+/m0/s1. The number of imidazole rings is 3. The van der Waals surface area contributed by atoms with Gasteiger partial charge in [-0.15, -0.1) is 0 Å². The van der Waals surface area contributed by atoms with E-state index in [4.69, 9.17) is 49.5 Å². The summed E-state index contributed by atoms with van der Waals surface area (Å²) >= 11 is 0. The summed E-state index contributed by atoms with van der Waals surface area (Å²) in [4.78, 5) is 72.9. The number of ether oxygens (including phenoxy) is 3. The van der Waals surface area contributed by atoms with Crippen LogP contribution in [0.4, 0.5) is 17.5 Å². The van der Waals surface area contributed by atoms with Gasteiger partial charge >= 0.3 is 15.6 Å². The monoisotopic (exact) mass is 1110 g/mol. The maximum atomic E-state index is 13.9. The molecule has 9 heterocycles. The number of amides is 1. The average molecular weight is 1120 g/mol. The van der Waals surface area contributed by atoms with Gasteiger partial charge in [-0.2, -0.15) is 0 Å². The fourth-order valence-corrected chi connectivity index (χ4v) is 11.9. The van der Waals surface area contributed by atoms with Crippen LogP contribution in [0.15, 0.2) is 38.0 Å². The lowest BCUT2D eigenvalue weighted by atomic mass is 10.0. The van der Waals surface area contributed by atoms with Gasteiger partial charge in [0.15, 0.2) is 53.1 Å². The number of nitrogens with two attached hydrogens (primary N) is 3. The Kier molecular flexibility index (Phi) is 18.7. The van der Waals surface area contributed by atoms with E-state index in [-0.39, 0.29) is 71.5 Å². The molecule has 0 saturated carbocycles. The second-order valence-corrected chi connectivity index (χ2v) is 22.4. The largest absolute Gasteiger partial charge is 0.472 e. The van der Waals surface area contributed by atoms with Crippen molar-refractivity contribution in [2.24, 2.45) is 0 Å². The third kappa shape index (κ3) is 14.1. The van der Waals surface area contributed by atoms with Crippen molar-refractivity contribution in [1.29, 1.82) is 0 Å². The van der Waals surface area contributed by atoms with Gasteiger partial charge in [-0.3, -0.25) is 36.6 Å². The summed E-state index contributed by atoms with van der Waals surface area (Å²) in [6.07, 6.45) is 14.2. The number of phosphoric ester groups is 2. The number of anilines is 3. The summed E-state index contributed by atoms with van der Waals surface area (Å²) in [6.45, 7) is 1.27. The van der Waals surface area contributed by atoms with Crippen LogP contribution in [0.25, 0.3) is 33.5 Å². The minimum Gasteiger partial charge on any atom is -0.388 e. The highest BCUT2D eigenvalue weighted by Gasteiger charge is 2.47. The minimum atomic E-state index is -4.98. The normalized spacial score (nSPS) is 25.3. The van der Waals surface area contributed by atoms with Gasteiger partial charge in [-0.25, -0.2) is 54.0 Å². The highest BCUT2D eigenvalue weighted by Crippen LogP contribution is 2.53. The van der Waals surface area contributed by atoms with Crippen LogP contribution in [0.3, 0.4) is 0 Å². The van der Waals surface area contributed by atoms with Crippen LogP contribution in [0.2, 0.25) is 0 Å². The van der Waals surface area contributed by atoms with Gasteiger partial charge in [0.1, 0.15) is 53.8 Å². The second-order valence-electron chi connectivity index (χ2n) is 19.6. The first-order chi connectivity index (χ1) is 37.2. The van der Waals surface area contributed by atoms with Gasteiger partial charge in [-0.05, 0) is 6.42 Å². The zero-order valence-electron chi connectivity index (χ0n) is 42.7. The van der Waals surface area contributed by atoms with Crippen molar-refractivity contribution in [1.82, 2.24) is 63.9 Å². The highest BCUT2D eigenvalue weighted by atomic mass is 31.2. The Morgan fingerprint density at radius 2 is 0.974 bits per heavy atom. The summed E-state index contributed by atoms with van der Waals surface area (Å²) < 4.78 is 73.2. The molecule has 6 aromatic rings. The fourth-order valence-electron chi connectivity index (χ4n) is 9.98. The quantitative estimate of drug-likeness (QED) is 0.0238. The van der Waals surface area contributed by atoms with E-state index in [1.54, 1.807) is 0 Å². The van der Waals surface area contributed by atoms with Crippen molar-refractivity contribution < 1.29 is 61.1 Å². The number of carbonyl (C=O) groups excluding carboxylic acids is 1. The zero-order chi connectivity index (χ0) is 54.1. The minimum absolute atomic E-state index is 0.0113. The number of phosphoric acid groups is 2. The molecule has 29 nitrogen and oxygen atoms in total. The van der Waals surface area contributed by atoms with Gasteiger partial charge in [0, 0.05) is 32.2 Å². The highest BCUT2D eigenvalue weighted by molar-refractivity contribution is 7.47. The number of fused-ring (bicyclic) bond motifs is 3. The van der Waals surface area contributed by atoms with Crippen molar-refractivity contribution >= 4 is 72.5 Å². The molecule has 2 unspecified atom stereocenters. The van der Waals surface area contributed by atoms with E-state index in [0.717, 1.165) is 25.7 Å². The lowest BCUT2D eigenvalue weighted by Crippen LogP contribution is -2.32. The Bertz CT molecular complexity index is 3020. The van der Waals surface area contributed by atoms with Crippen molar-refractivity contribution in [2.75, 3.05) is 37.0 Å². The molecule has 0 aliphatic carbocycles. The van der Waals surface area contributed by atoms with E-state index in [1.165, 1.54) is 109 Å². The summed E-state index contributed by atoms with van der Waals surface area (Å²) in [5, 5.41) is 13.8. The molecule has 0 bridgehead atoms. The second kappa shape index (κ2) is 25.6. The molecule has 420 valence electrons. The van der Waals surface area contributed by atoms with E-state index in [0.29, 0.717) is 17.6 Å². The number of unbranched alkanes of at least 4 members (excludes halogenated alkanes) is 12. The number of nitrogens with one attached hydrogen (secondary N) is 1. The number of aliphatic hydroxyl groups excluding tert-OH is 1. The van der Waals surface area contributed by atoms with E-state index < -0.39 is 84.2 Å². The molecule has 31 heteroatoms. The summed E-state index contributed by atoms with van der Waals surface area (Å²) in [6, 6.07) is 0. The van der Waals surface area contributed by atoms with Gasteiger partial charge < -0.3 is 51.6 Å². The molecule has 0 aromatic carbocycles. The molecule has 10 N–H and O–H groups in total. The molecule has 3 aliphatic rings. The third-order valence-corrected chi connectivity index (χ3v) is 15.9. The lowest BCUT2D eigenvalue weighted by molar-refractivity contribution is -0.122. The fraction of sp³-hybridized carbons (Fsp3) is 0.652. The van der Waals surface area contributed by atoms with Crippen LogP contribution in [0.5, 0.6) is 0 Å². The number of aromatic nitrogens is 12. The maximum absolute atomic E-state index is 13.9. The van der Waals surface area contributed by atoms with E-state index >= 15 is 0 Å². The van der Waals surface area contributed by atoms with Crippen LogP contribution in [0.1, 0.15) is 135 Å². The number of rotatable bonds is 29. The SMILES string of the molecule is CCCCCCCCCCCCCCCC(=O)NC[C@@H]1C[C@@H](OP(=O)(O)OC[C@@H]2C[C@@H](OP(=O)(O)OC[C@@H]3C[C@@H](O)[C@H](n4cnc5c(N)ncnc54)O3)[C@H](n3cnc4c(N)ncnc43)O2)[C@H](n2cnc3c(N)ncnc32)O1. The molecule has 1 amide bonds. The molecule has 77 heavy (non-hydrogen) atoms. The Morgan fingerprint density at radius 3 is 1.44 bits per heavy atom. The van der Waals surface area contributed by atoms with E-state index in [2.05, 4.69) is 57.1 Å². The van der Waals surface area contributed by atoms with Gasteiger partial charge in [0.2, 0.25) is 5.91 Å². The smallest absolute Gasteiger partial charge is 0.388 e. The number of nitrogen functional groups attached to an aromatic ring is 3. The Labute approximate surface area is 442 Å². The first-order valence-electron chi connectivity index (χ1n) is 26.2. The molecule has 3 fully saturated rings. The summed E-state index contributed by atoms with van der Waals surface area (Å²) in [5.41, 5.74) is 19.6. The molecule has 0 radical (unpaired) electrons. The van der Waals surface area contributed by atoms with E-state index in [1.807, 2.05) is 0 Å².